The van der Waals surface area contributed by atoms with Crippen molar-refractivity contribution in [2.75, 3.05) is 40.5 Å². The first-order valence-corrected chi connectivity index (χ1v) is 9.92. The first-order valence-electron chi connectivity index (χ1n) is 9.13. The number of ether oxygens (including phenoxy) is 2. The Labute approximate surface area is 192 Å². The molecule has 9 heteroatoms. The molecule has 2 N–H and O–H groups in total. The predicted molar refractivity (Wildman–Crippen MR) is 125 cm³/mol. The molecule has 1 heterocycles. The van der Waals surface area contributed by atoms with Crippen LogP contribution in [0.15, 0.2) is 33.7 Å². The van der Waals surface area contributed by atoms with Crippen LogP contribution in [-0.2, 0) is 20.8 Å². The number of carbonyl (C=O) groups is 1. The van der Waals surface area contributed by atoms with Gasteiger partial charge in [0.15, 0.2) is 5.96 Å². The Bertz CT molecular complexity index is 622. The van der Waals surface area contributed by atoms with Crippen LogP contribution in [0.5, 0.6) is 0 Å². The Balaban J connectivity index is 0.00000392. The molecule has 0 bridgehead atoms. The Morgan fingerprint density at radius 1 is 1.39 bits per heavy atom. The van der Waals surface area contributed by atoms with Gasteiger partial charge < -0.3 is 25.0 Å². The highest BCUT2D eigenvalue weighted by Gasteiger charge is 2.17. The van der Waals surface area contributed by atoms with Crippen molar-refractivity contribution < 1.29 is 14.3 Å². The fourth-order valence-electron chi connectivity index (χ4n) is 2.43. The van der Waals surface area contributed by atoms with Crippen LogP contribution in [0.3, 0.4) is 0 Å². The molecule has 2 rings (SSSR count). The Hall–Kier alpha value is -0.910. The number of hydrogen-bond donors (Lipinski definition) is 2. The summed E-state index contributed by atoms with van der Waals surface area (Å²) in [6, 6.07) is 8.06. The third-order valence-electron chi connectivity index (χ3n) is 4.09. The topological polar surface area (TPSA) is 75.2 Å². The molecular weight excluding hydrogens is 539 g/mol. The predicted octanol–water partition coefficient (Wildman–Crippen LogP) is 2.38. The molecule has 0 radical (unpaired) electrons. The summed E-state index contributed by atoms with van der Waals surface area (Å²) in [4.78, 5) is 18.0. The number of nitrogens with zero attached hydrogens (tertiary/aromatic N) is 2. The largest absolute Gasteiger partial charge is 0.379 e. The summed E-state index contributed by atoms with van der Waals surface area (Å²) in [6.45, 7) is 4.70. The second-order valence-corrected chi connectivity index (χ2v) is 7.71. The molecule has 7 nitrogen and oxygen atoms in total. The van der Waals surface area contributed by atoms with E-state index in [1.54, 1.807) is 19.0 Å². The zero-order chi connectivity index (χ0) is 19.6. The molecule has 1 aliphatic rings. The van der Waals surface area contributed by atoms with Crippen LogP contribution in [0.2, 0.25) is 0 Å². The van der Waals surface area contributed by atoms with Gasteiger partial charge in [-0.1, -0.05) is 28.1 Å². The minimum Gasteiger partial charge on any atom is -0.379 e. The molecule has 1 aromatic carbocycles. The average Bonchev–Trinajstić information content (AvgIpc) is 3.16. The van der Waals surface area contributed by atoms with E-state index in [9.17, 15) is 4.79 Å². The van der Waals surface area contributed by atoms with Crippen LogP contribution in [0, 0.1) is 0 Å². The van der Waals surface area contributed by atoms with Crippen LogP contribution in [0.4, 0.5) is 0 Å². The van der Waals surface area contributed by atoms with Gasteiger partial charge in [-0.2, -0.15) is 0 Å². The second-order valence-electron chi connectivity index (χ2n) is 6.80. The van der Waals surface area contributed by atoms with E-state index in [0.717, 1.165) is 23.1 Å². The summed E-state index contributed by atoms with van der Waals surface area (Å²) in [5, 5.41) is 6.41. The average molecular weight is 569 g/mol. The van der Waals surface area contributed by atoms with Crippen LogP contribution < -0.4 is 10.6 Å². The third kappa shape index (κ3) is 9.53. The standard InChI is InChI=1S/C19H29BrN4O3.HI/c1-14(12-27-17-8-9-26-13-17)23-19(22-11-18(25)24(2)3)21-10-15-4-6-16(20)7-5-15;/h4-7,14,17H,8-13H2,1-3H3,(H2,21,22,23);1H. The van der Waals surface area contributed by atoms with E-state index < -0.39 is 0 Å². The molecular formula is C19H30BrIN4O3. The van der Waals surface area contributed by atoms with Crippen LogP contribution in [-0.4, -0.2) is 69.4 Å². The van der Waals surface area contributed by atoms with Gasteiger partial charge in [0.25, 0.3) is 0 Å². The van der Waals surface area contributed by atoms with Gasteiger partial charge in [-0.3, -0.25) is 4.79 Å². The number of amides is 1. The lowest BCUT2D eigenvalue weighted by atomic mass is 10.2. The van der Waals surface area contributed by atoms with Gasteiger partial charge in [0.2, 0.25) is 5.91 Å². The van der Waals surface area contributed by atoms with Crippen LogP contribution >= 0.6 is 39.9 Å². The number of likely N-dealkylation sites (N-methyl/N-ethyl adjacent to an activating group) is 1. The van der Waals surface area contributed by atoms with Crippen LogP contribution in [0.25, 0.3) is 0 Å². The Morgan fingerprint density at radius 3 is 2.71 bits per heavy atom. The minimum atomic E-state index is -0.0138. The second kappa shape index (κ2) is 13.3. The van der Waals surface area contributed by atoms with E-state index in [4.69, 9.17) is 9.47 Å². The molecule has 0 spiro atoms. The number of benzene rings is 1. The maximum Gasteiger partial charge on any atom is 0.241 e. The van der Waals surface area contributed by atoms with E-state index in [2.05, 4.69) is 31.6 Å². The lowest BCUT2D eigenvalue weighted by Crippen LogP contribution is -2.47. The monoisotopic (exact) mass is 568 g/mol. The van der Waals surface area contributed by atoms with E-state index in [-0.39, 0.29) is 48.6 Å². The summed E-state index contributed by atoms with van der Waals surface area (Å²) < 4.78 is 12.2. The number of halogens is 2. The number of hydrogen-bond acceptors (Lipinski definition) is 4. The zero-order valence-electron chi connectivity index (χ0n) is 16.6. The van der Waals surface area contributed by atoms with Gasteiger partial charge in [-0.15, -0.1) is 24.0 Å². The molecule has 1 aromatic rings. The highest BCUT2D eigenvalue weighted by Crippen LogP contribution is 2.11. The quantitative estimate of drug-likeness (QED) is 0.286. The third-order valence-corrected chi connectivity index (χ3v) is 4.62. The maximum atomic E-state index is 11.9. The van der Waals surface area contributed by atoms with Crippen molar-refractivity contribution in [3.05, 3.63) is 34.3 Å². The first kappa shape index (κ1) is 25.1. The normalized spacial score (nSPS) is 17.6. The molecule has 1 amide bonds. The van der Waals surface area contributed by atoms with Gasteiger partial charge in [0.05, 0.1) is 32.4 Å². The fraction of sp³-hybridized carbons (Fsp3) is 0.579. The number of aliphatic imine (C=N–C) groups is 1. The van der Waals surface area contributed by atoms with Crippen molar-refractivity contribution in [1.82, 2.24) is 15.5 Å². The van der Waals surface area contributed by atoms with Crippen molar-refractivity contribution in [2.24, 2.45) is 4.99 Å². The summed E-state index contributed by atoms with van der Waals surface area (Å²) >= 11 is 3.43. The van der Waals surface area contributed by atoms with Crippen molar-refractivity contribution in [3.63, 3.8) is 0 Å². The van der Waals surface area contributed by atoms with E-state index in [1.807, 2.05) is 31.2 Å². The number of guanidine groups is 1. The number of nitrogens with one attached hydrogen (secondary N) is 2. The zero-order valence-corrected chi connectivity index (χ0v) is 20.5. The number of rotatable bonds is 8. The first-order chi connectivity index (χ1) is 12.9. The van der Waals surface area contributed by atoms with Crippen LogP contribution in [0.1, 0.15) is 18.9 Å². The van der Waals surface area contributed by atoms with Gasteiger partial charge >= 0.3 is 0 Å². The molecule has 28 heavy (non-hydrogen) atoms. The van der Waals surface area contributed by atoms with Gasteiger partial charge in [-0.05, 0) is 31.0 Å². The van der Waals surface area contributed by atoms with Gasteiger partial charge in [0, 0.05) is 31.2 Å². The minimum absolute atomic E-state index is 0. The van der Waals surface area contributed by atoms with E-state index in [1.165, 1.54) is 0 Å². The Kier molecular flexibility index (Phi) is 12.0. The summed E-state index contributed by atoms with van der Waals surface area (Å²) in [6.07, 6.45) is 1.10. The molecule has 0 aromatic heterocycles. The van der Waals surface area contributed by atoms with Crippen molar-refractivity contribution >= 4 is 51.8 Å². The molecule has 2 unspecified atom stereocenters. The fourth-order valence-corrected chi connectivity index (χ4v) is 2.69. The van der Waals surface area contributed by atoms with Crippen molar-refractivity contribution in [3.8, 4) is 0 Å². The summed E-state index contributed by atoms with van der Waals surface area (Å²) in [7, 11) is 3.46. The number of carbonyl (C=O) groups excluding carboxylic acids is 1. The molecule has 0 saturated carbocycles. The van der Waals surface area contributed by atoms with E-state index >= 15 is 0 Å². The Morgan fingerprint density at radius 2 is 2.11 bits per heavy atom. The highest BCUT2D eigenvalue weighted by atomic mass is 127. The lowest BCUT2D eigenvalue weighted by Gasteiger charge is -2.20. The van der Waals surface area contributed by atoms with Crippen molar-refractivity contribution in [1.29, 1.82) is 0 Å². The molecule has 1 fully saturated rings. The molecule has 0 aliphatic carbocycles. The molecule has 158 valence electrons. The van der Waals surface area contributed by atoms with E-state index in [0.29, 0.717) is 25.7 Å². The molecule has 1 saturated heterocycles. The smallest absolute Gasteiger partial charge is 0.241 e. The van der Waals surface area contributed by atoms with Crippen molar-refractivity contribution in [2.45, 2.75) is 32.0 Å². The lowest BCUT2D eigenvalue weighted by molar-refractivity contribution is -0.127. The summed E-state index contributed by atoms with van der Waals surface area (Å²) in [5.41, 5.74) is 1.09. The SMILES string of the molecule is CC(COC1CCOC1)NC(=NCc1ccc(Br)cc1)NCC(=O)N(C)C.I. The molecule has 2 atom stereocenters. The summed E-state index contributed by atoms with van der Waals surface area (Å²) in [5.74, 6) is 0.576. The highest BCUT2D eigenvalue weighted by molar-refractivity contribution is 14.0. The maximum absolute atomic E-state index is 11.9. The van der Waals surface area contributed by atoms with Gasteiger partial charge in [0.1, 0.15) is 0 Å². The molecule has 1 aliphatic heterocycles. The van der Waals surface area contributed by atoms with Gasteiger partial charge in [-0.25, -0.2) is 4.99 Å².